The van der Waals surface area contributed by atoms with Gasteiger partial charge in [-0.1, -0.05) is 80.6 Å². The third-order valence-corrected chi connectivity index (χ3v) is 14.6. The number of nitrogens with zero attached hydrogens (tertiary/aromatic N) is 8. The smallest absolute Gasteiger partial charge is 0.246 e. The minimum Gasteiger partial charge on any atom is -0.372 e. The van der Waals surface area contributed by atoms with E-state index in [2.05, 4.69) is 54.2 Å². The lowest BCUT2D eigenvalue weighted by Gasteiger charge is -2.35. The molecule has 8 rings (SSSR count). The van der Waals surface area contributed by atoms with Crippen molar-refractivity contribution in [3.05, 3.63) is 121 Å². The number of halogens is 1. The number of nitrogens with one attached hydrogen (secondary N) is 2. The van der Waals surface area contributed by atoms with Gasteiger partial charge in [-0.3, -0.25) is 28.6 Å². The van der Waals surface area contributed by atoms with E-state index < -0.39 is 23.4 Å². The number of likely N-dealkylation sites (tertiary alicyclic amines) is 1. The Labute approximate surface area is 404 Å². The van der Waals surface area contributed by atoms with Gasteiger partial charge in [-0.2, -0.15) is 5.10 Å². The molecule has 2 aliphatic rings. The summed E-state index contributed by atoms with van der Waals surface area (Å²) in [5, 5.41) is 21.0. The molecule has 0 radical (unpaired) electrons. The van der Waals surface area contributed by atoms with Crippen LogP contribution < -0.4 is 10.6 Å². The predicted octanol–water partition coefficient (Wildman–Crippen LogP) is 8.35. The van der Waals surface area contributed by atoms with Crippen molar-refractivity contribution in [1.82, 2.24) is 45.1 Å². The van der Waals surface area contributed by atoms with Crippen LogP contribution >= 0.6 is 34.3 Å². The van der Waals surface area contributed by atoms with E-state index in [1.54, 1.807) is 33.8 Å². The maximum Gasteiger partial charge on any atom is 0.246 e. The molecule has 0 saturated carbocycles. The molecule has 1 saturated heterocycles. The lowest BCUT2D eigenvalue weighted by Crippen LogP contribution is -2.58. The first-order valence-electron chi connectivity index (χ1n) is 22.5. The number of ether oxygens (including phenoxy) is 1. The average Bonchev–Trinajstić information content (AvgIpc) is 4.15. The summed E-state index contributed by atoms with van der Waals surface area (Å²) in [5.41, 5.74) is 8.88. The molecular weight excluding hydrogens is 904 g/mol. The summed E-state index contributed by atoms with van der Waals surface area (Å²) in [6, 6.07) is 13.9. The van der Waals surface area contributed by atoms with Crippen LogP contribution in [0, 0.1) is 38.0 Å². The maximum absolute atomic E-state index is 14.1. The number of carbonyl (C=O) groups is 3. The largest absolute Gasteiger partial charge is 0.372 e. The van der Waals surface area contributed by atoms with Crippen molar-refractivity contribution >= 4 is 57.7 Å². The van der Waals surface area contributed by atoms with Gasteiger partial charge in [0.25, 0.3) is 0 Å². The minimum absolute atomic E-state index is 0.202. The number of aryl methyl sites for hydroxylation is 3. The Bertz CT molecular complexity index is 2880. The second-order valence-electron chi connectivity index (χ2n) is 18.2. The maximum atomic E-state index is 14.1. The van der Waals surface area contributed by atoms with Crippen LogP contribution in [0.25, 0.3) is 15.4 Å². The zero-order chi connectivity index (χ0) is 47.6. The van der Waals surface area contributed by atoms with Crippen LogP contribution in [0.3, 0.4) is 0 Å². The fourth-order valence-electron chi connectivity index (χ4n) is 8.48. The van der Waals surface area contributed by atoms with E-state index in [1.807, 2.05) is 113 Å². The van der Waals surface area contributed by atoms with E-state index in [9.17, 15) is 14.4 Å². The van der Waals surface area contributed by atoms with Crippen molar-refractivity contribution in [3.63, 3.8) is 0 Å². The molecule has 6 aromatic rings. The molecule has 2 N–H and O–H groups in total. The third-order valence-electron chi connectivity index (χ3n) is 12.1. The highest BCUT2D eigenvalue weighted by Gasteiger charge is 2.42. The van der Waals surface area contributed by atoms with Crippen LogP contribution in [-0.4, -0.2) is 89.7 Å². The molecule has 3 unspecified atom stereocenters. The van der Waals surface area contributed by atoms with Crippen molar-refractivity contribution in [2.24, 2.45) is 10.4 Å². The summed E-state index contributed by atoms with van der Waals surface area (Å²) in [5.74, 6) is 7.37. The van der Waals surface area contributed by atoms with Crippen LogP contribution in [-0.2, 0) is 25.7 Å². The Balaban J connectivity index is 0.833. The van der Waals surface area contributed by atoms with E-state index in [0.717, 1.165) is 71.2 Å². The highest BCUT2D eigenvalue weighted by atomic mass is 35.5. The molecule has 67 heavy (non-hydrogen) atoms. The quantitative estimate of drug-likeness (QED) is 0.0863. The van der Waals surface area contributed by atoms with Crippen LogP contribution in [0.2, 0.25) is 5.02 Å². The Morgan fingerprint density at radius 2 is 1.75 bits per heavy atom. The van der Waals surface area contributed by atoms with Gasteiger partial charge >= 0.3 is 0 Å². The monoisotopic (exact) mass is 958 g/mol. The average molecular weight is 960 g/mol. The van der Waals surface area contributed by atoms with E-state index in [4.69, 9.17) is 21.3 Å². The Morgan fingerprint density at radius 1 is 1.00 bits per heavy atom. The van der Waals surface area contributed by atoms with Crippen molar-refractivity contribution in [2.45, 2.75) is 105 Å². The molecular formula is C50H55ClN10O4S2. The van der Waals surface area contributed by atoms with E-state index >= 15 is 0 Å². The Hall–Kier alpha value is -5.99. The molecule has 4 atom stereocenters. The fourth-order valence-corrected chi connectivity index (χ4v) is 10.6. The number of hydrogen-bond acceptors (Lipinski definition) is 11. The van der Waals surface area contributed by atoms with Crippen molar-refractivity contribution < 1.29 is 19.1 Å². The molecule has 2 aromatic carbocycles. The first kappa shape index (κ1) is 47.5. The number of rotatable bonds is 13. The molecule has 6 heterocycles. The third kappa shape index (κ3) is 10.5. The van der Waals surface area contributed by atoms with Gasteiger partial charge in [-0.25, -0.2) is 4.98 Å². The number of carbonyl (C=O) groups excluding carboxylic acids is 3. The molecule has 14 nitrogen and oxygen atoms in total. The van der Waals surface area contributed by atoms with E-state index in [-0.39, 0.29) is 30.5 Å². The van der Waals surface area contributed by atoms with Crippen LogP contribution in [0.1, 0.15) is 116 Å². The number of hydrogen-bond donors (Lipinski definition) is 2. The molecule has 348 valence electrons. The number of aromatic nitrogens is 6. The first-order chi connectivity index (χ1) is 32.1. The van der Waals surface area contributed by atoms with Crippen molar-refractivity contribution in [2.75, 3.05) is 19.8 Å². The number of benzene rings is 2. The van der Waals surface area contributed by atoms with Gasteiger partial charge in [0.05, 0.1) is 44.5 Å². The summed E-state index contributed by atoms with van der Waals surface area (Å²) in [4.78, 5) is 54.1. The molecule has 0 bridgehead atoms. The summed E-state index contributed by atoms with van der Waals surface area (Å²) >= 11 is 9.44. The topological polar surface area (TPSA) is 162 Å². The molecule has 3 amide bonds. The summed E-state index contributed by atoms with van der Waals surface area (Å²) in [6.45, 7) is 16.8. The minimum atomic E-state index is -0.847. The fraction of sp³-hybridized carbons (Fsp3) is 0.400. The molecule has 4 aromatic heterocycles. The summed E-state index contributed by atoms with van der Waals surface area (Å²) in [6.07, 6.45) is 5.48. The van der Waals surface area contributed by atoms with Gasteiger partial charge in [0.2, 0.25) is 17.7 Å². The molecule has 0 spiro atoms. The number of aliphatic imine (C=N–C) groups is 1. The summed E-state index contributed by atoms with van der Waals surface area (Å²) in [7, 11) is 0. The zero-order valence-corrected chi connectivity index (χ0v) is 41.4. The number of amides is 3. The predicted molar refractivity (Wildman–Crippen MR) is 263 cm³/mol. The molecule has 17 heteroatoms. The lowest BCUT2D eigenvalue weighted by atomic mass is 9.85. The normalized spacial score (nSPS) is 16.6. The molecule has 0 aliphatic carbocycles. The van der Waals surface area contributed by atoms with Gasteiger partial charge in [-0.05, 0) is 88.1 Å². The van der Waals surface area contributed by atoms with E-state index in [0.29, 0.717) is 44.0 Å². The van der Waals surface area contributed by atoms with Gasteiger partial charge in [0.15, 0.2) is 5.82 Å². The van der Waals surface area contributed by atoms with Crippen LogP contribution in [0.4, 0.5) is 0 Å². The SMILES string of the molecule is Cc1ncsc1-c1ccc(C(C)NC(=O)C2CCCN2C(=O)C(NC(=O)COCCCn2cc(C#Cc3sc4c(c3C)C(c3ccc(Cl)cc3)=N[C@@H](C)c3nnc(C)n3-4)cn2)C(C)(C)C)cc1. The van der Waals surface area contributed by atoms with Crippen LogP contribution in [0.5, 0.6) is 0 Å². The standard InChI is InChI=1S/C50H55ClN10O4S2/c1-29-40(67-49-42(29)43(36-17-19-38(51)20-18-36)54-32(4)46-58-57-33(5)61(46)49)21-12-34-25-53-59(26-34)22-10-24-65-27-41(62)56-45(50(6,7)8)48(64)60-23-9-11-39(60)47(63)55-30(2)35-13-15-37(16-14-35)44-31(3)52-28-66-44/h13-20,25-26,28,30,32,39,45H,9-11,22-24,27H2,1-8H3,(H,55,63)(H,56,62)/t30?,32-,39?,45?/m0/s1. The van der Waals surface area contributed by atoms with Crippen LogP contribution in [0.15, 0.2) is 71.4 Å². The Kier molecular flexibility index (Phi) is 14.2. The molecule has 1 fully saturated rings. The lowest BCUT2D eigenvalue weighted by molar-refractivity contribution is -0.144. The Morgan fingerprint density at radius 3 is 2.46 bits per heavy atom. The second kappa shape index (κ2) is 20.1. The zero-order valence-electron chi connectivity index (χ0n) is 39.0. The number of fused-ring (bicyclic) bond motifs is 3. The first-order valence-corrected chi connectivity index (χ1v) is 24.6. The van der Waals surface area contributed by atoms with Gasteiger partial charge in [-0.15, -0.1) is 32.9 Å². The highest BCUT2D eigenvalue weighted by molar-refractivity contribution is 7.15. The second-order valence-corrected chi connectivity index (χ2v) is 20.5. The van der Waals surface area contributed by atoms with Crippen molar-refractivity contribution in [1.29, 1.82) is 0 Å². The van der Waals surface area contributed by atoms with E-state index in [1.165, 1.54) is 0 Å². The molecule has 2 aliphatic heterocycles. The summed E-state index contributed by atoms with van der Waals surface area (Å²) < 4.78 is 9.66. The number of thiophene rings is 1. The van der Waals surface area contributed by atoms with Gasteiger partial charge in [0, 0.05) is 42.0 Å². The highest BCUT2D eigenvalue weighted by Crippen LogP contribution is 2.39. The van der Waals surface area contributed by atoms with Gasteiger partial charge < -0.3 is 20.3 Å². The number of thiazole rings is 1. The van der Waals surface area contributed by atoms with Crippen molar-refractivity contribution in [3.8, 4) is 27.3 Å². The van der Waals surface area contributed by atoms with Gasteiger partial charge in [0.1, 0.15) is 35.6 Å².